The van der Waals surface area contributed by atoms with Gasteiger partial charge in [0.1, 0.15) is 0 Å². The molecular formula is C18H20N2O2S. The Hall–Kier alpha value is -2.27. The van der Waals surface area contributed by atoms with Gasteiger partial charge < -0.3 is 10.6 Å². The van der Waals surface area contributed by atoms with Crippen LogP contribution in [0.25, 0.3) is 0 Å². The van der Waals surface area contributed by atoms with Crippen molar-refractivity contribution in [1.82, 2.24) is 0 Å². The third kappa shape index (κ3) is 3.93. The summed E-state index contributed by atoms with van der Waals surface area (Å²) in [5, 5.41) is 5.49. The number of nitrogens with one attached hydrogen (secondary N) is 2. The summed E-state index contributed by atoms with van der Waals surface area (Å²) in [6, 6.07) is 8.25. The lowest BCUT2D eigenvalue weighted by atomic mass is 10.1. The first-order valence-corrected chi connectivity index (χ1v) is 8.08. The van der Waals surface area contributed by atoms with E-state index in [-0.39, 0.29) is 0 Å². The van der Waals surface area contributed by atoms with Crippen molar-refractivity contribution in [2.24, 2.45) is 0 Å². The van der Waals surface area contributed by atoms with E-state index < -0.39 is 0 Å². The molecule has 0 aromatic heterocycles. The first-order valence-electron chi connectivity index (χ1n) is 7.27. The summed E-state index contributed by atoms with van der Waals surface area (Å²) in [7, 11) is 0. The maximum absolute atomic E-state index is 10.7. The van der Waals surface area contributed by atoms with Crippen LogP contribution in [0.4, 0.5) is 11.4 Å². The number of carbonyl (C=O) groups is 2. The molecule has 0 aliphatic rings. The van der Waals surface area contributed by atoms with E-state index in [0.717, 1.165) is 43.4 Å². The molecule has 0 aliphatic heterocycles. The van der Waals surface area contributed by atoms with Crippen molar-refractivity contribution in [3.05, 3.63) is 46.5 Å². The highest BCUT2D eigenvalue weighted by Gasteiger charge is 2.09. The number of rotatable bonds is 6. The summed E-state index contributed by atoms with van der Waals surface area (Å²) >= 11 is 1.67. The van der Waals surface area contributed by atoms with E-state index in [1.807, 2.05) is 27.7 Å². The Morgan fingerprint density at radius 2 is 1.00 bits per heavy atom. The van der Waals surface area contributed by atoms with Gasteiger partial charge >= 0.3 is 0 Å². The van der Waals surface area contributed by atoms with Gasteiger partial charge in [0.15, 0.2) is 0 Å². The summed E-state index contributed by atoms with van der Waals surface area (Å²) < 4.78 is 0. The van der Waals surface area contributed by atoms with Gasteiger partial charge in [0.2, 0.25) is 12.8 Å². The zero-order valence-electron chi connectivity index (χ0n) is 13.7. The maximum atomic E-state index is 10.7. The number of benzene rings is 2. The average molecular weight is 328 g/mol. The summed E-state index contributed by atoms with van der Waals surface area (Å²) in [6.07, 6.45) is 1.40. The van der Waals surface area contributed by atoms with Gasteiger partial charge in [0, 0.05) is 21.2 Å². The molecule has 0 heterocycles. The summed E-state index contributed by atoms with van der Waals surface area (Å²) in [5.41, 5.74) is 5.86. The van der Waals surface area contributed by atoms with E-state index in [9.17, 15) is 9.59 Å². The van der Waals surface area contributed by atoms with Gasteiger partial charge in [-0.25, -0.2) is 0 Å². The quantitative estimate of drug-likeness (QED) is 0.781. The monoisotopic (exact) mass is 328 g/mol. The molecule has 4 nitrogen and oxygen atoms in total. The third-order valence-corrected chi connectivity index (χ3v) is 4.60. The predicted molar refractivity (Wildman–Crippen MR) is 95.3 cm³/mol. The molecule has 2 aromatic rings. The minimum absolute atomic E-state index is 0.702. The molecular weight excluding hydrogens is 308 g/mol. The van der Waals surface area contributed by atoms with Crippen molar-refractivity contribution in [3.63, 3.8) is 0 Å². The molecule has 0 saturated heterocycles. The molecule has 0 bridgehead atoms. The SMILES string of the molecule is Cc1cc(Sc2cc(C)c(NC=O)c(C)c2)cc(C)c1NC=O. The molecule has 0 saturated carbocycles. The van der Waals surface area contributed by atoms with Crippen LogP contribution in [0.5, 0.6) is 0 Å². The molecule has 0 atom stereocenters. The van der Waals surface area contributed by atoms with Crippen molar-refractivity contribution < 1.29 is 9.59 Å². The van der Waals surface area contributed by atoms with E-state index in [4.69, 9.17) is 0 Å². The second-order valence-corrected chi connectivity index (χ2v) is 6.64. The molecule has 0 spiro atoms. The minimum Gasteiger partial charge on any atom is -0.328 e. The van der Waals surface area contributed by atoms with Crippen molar-refractivity contribution in [2.45, 2.75) is 37.5 Å². The Morgan fingerprint density at radius 3 is 1.26 bits per heavy atom. The highest BCUT2D eigenvalue weighted by atomic mass is 32.2. The van der Waals surface area contributed by atoms with Crippen LogP contribution in [-0.2, 0) is 9.59 Å². The number of hydrogen-bond acceptors (Lipinski definition) is 3. The van der Waals surface area contributed by atoms with Crippen LogP contribution >= 0.6 is 11.8 Å². The molecule has 23 heavy (non-hydrogen) atoms. The van der Waals surface area contributed by atoms with Crippen molar-refractivity contribution >= 4 is 36.0 Å². The molecule has 5 heteroatoms. The predicted octanol–water partition coefficient (Wildman–Crippen LogP) is 4.21. The second kappa shape index (κ2) is 7.33. The molecule has 2 rings (SSSR count). The smallest absolute Gasteiger partial charge is 0.211 e. The van der Waals surface area contributed by atoms with E-state index in [0.29, 0.717) is 12.8 Å². The van der Waals surface area contributed by atoms with Crippen LogP contribution in [0.1, 0.15) is 22.3 Å². The Morgan fingerprint density at radius 1 is 0.696 bits per heavy atom. The van der Waals surface area contributed by atoms with E-state index >= 15 is 0 Å². The average Bonchev–Trinajstić information content (AvgIpc) is 2.47. The summed E-state index contributed by atoms with van der Waals surface area (Å²) in [4.78, 5) is 23.6. The maximum Gasteiger partial charge on any atom is 0.211 e. The fourth-order valence-corrected chi connectivity index (χ4v) is 3.89. The molecule has 0 fully saturated rings. The largest absolute Gasteiger partial charge is 0.328 e. The van der Waals surface area contributed by atoms with Gasteiger partial charge in [-0.1, -0.05) is 11.8 Å². The Bertz CT molecular complexity index is 647. The van der Waals surface area contributed by atoms with Gasteiger partial charge in [-0.15, -0.1) is 0 Å². The normalized spacial score (nSPS) is 10.3. The number of anilines is 2. The first kappa shape index (κ1) is 17.1. The molecule has 120 valence electrons. The van der Waals surface area contributed by atoms with E-state index in [1.54, 1.807) is 11.8 Å². The van der Waals surface area contributed by atoms with E-state index in [2.05, 4.69) is 34.9 Å². The van der Waals surface area contributed by atoms with Gasteiger partial charge in [0.25, 0.3) is 0 Å². The molecule has 0 aliphatic carbocycles. The summed E-state index contributed by atoms with van der Waals surface area (Å²) in [5.74, 6) is 0. The van der Waals surface area contributed by atoms with Gasteiger partial charge in [0.05, 0.1) is 0 Å². The molecule has 0 unspecified atom stereocenters. The Labute approximate surface area is 140 Å². The number of amides is 2. The van der Waals surface area contributed by atoms with Crippen LogP contribution in [0.15, 0.2) is 34.1 Å². The fraction of sp³-hybridized carbons (Fsp3) is 0.222. The third-order valence-electron chi connectivity index (χ3n) is 3.65. The summed E-state index contributed by atoms with van der Waals surface area (Å²) in [6.45, 7) is 7.93. The van der Waals surface area contributed by atoms with Crippen LogP contribution < -0.4 is 10.6 Å². The highest BCUT2D eigenvalue weighted by Crippen LogP contribution is 2.35. The molecule has 2 amide bonds. The lowest BCUT2D eigenvalue weighted by Gasteiger charge is -2.13. The molecule has 2 N–H and O–H groups in total. The lowest BCUT2D eigenvalue weighted by Crippen LogP contribution is -2.00. The molecule has 2 aromatic carbocycles. The standard InChI is InChI=1S/C18H20N2O2S/c1-11-5-15(6-12(2)17(11)19-9-21)23-16-7-13(3)18(20-10-22)14(4)8-16/h5-10H,1-4H3,(H,19,21)(H,20,22). The minimum atomic E-state index is 0.702. The number of hydrogen-bond donors (Lipinski definition) is 2. The molecule has 0 radical (unpaired) electrons. The van der Waals surface area contributed by atoms with Crippen molar-refractivity contribution in [1.29, 1.82) is 0 Å². The van der Waals surface area contributed by atoms with Crippen LogP contribution in [0, 0.1) is 27.7 Å². The first-order chi connectivity index (χ1) is 11.0. The Kier molecular flexibility index (Phi) is 5.45. The lowest BCUT2D eigenvalue weighted by molar-refractivity contribution is -0.106. The van der Waals surface area contributed by atoms with Crippen LogP contribution in [-0.4, -0.2) is 12.8 Å². The fourth-order valence-electron chi connectivity index (χ4n) is 2.67. The van der Waals surface area contributed by atoms with Gasteiger partial charge in [-0.05, 0) is 74.2 Å². The Balaban J connectivity index is 2.32. The van der Waals surface area contributed by atoms with E-state index in [1.165, 1.54) is 0 Å². The van der Waals surface area contributed by atoms with Gasteiger partial charge in [-0.2, -0.15) is 0 Å². The van der Waals surface area contributed by atoms with Crippen molar-refractivity contribution in [3.8, 4) is 0 Å². The number of carbonyl (C=O) groups excluding carboxylic acids is 2. The number of aryl methyl sites for hydroxylation is 4. The van der Waals surface area contributed by atoms with Crippen LogP contribution in [0.3, 0.4) is 0 Å². The topological polar surface area (TPSA) is 58.2 Å². The second-order valence-electron chi connectivity index (χ2n) is 5.49. The van der Waals surface area contributed by atoms with Gasteiger partial charge in [-0.3, -0.25) is 9.59 Å². The van der Waals surface area contributed by atoms with Crippen LogP contribution in [0.2, 0.25) is 0 Å². The zero-order valence-corrected chi connectivity index (χ0v) is 14.5. The highest BCUT2D eigenvalue weighted by molar-refractivity contribution is 7.99. The van der Waals surface area contributed by atoms with Crippen molar-refractivity contribution in [2.75, 3.05) is 10.6 Å². The zero-order chi connectivity index (χ0) is 17.0.